The lowest BCUT2D eigenvalue weighted by Gasteiger charge is -2.33. The van der Waals surface area contributed by atoms with Gasteiger partial charge >= 0.3 is 0 Å². The Morgan fingerprint density at radius 1 is 1.26 bits per heavy atom. The van der Waals surface area contributed by atoms with Crippen LogP contribution in [-0.4, -0.2) is 40.2 Å². The highest BCUT2D eigenvalue weighted by molar-refractivity contribution is 7.17. The monoisotopic (exact) mass is 437 g/mol. The van der Waals surface area contributed by atoms with Crippen LogP contribution in [0.3, 0.4) is 0 Å². The number of nitrogens with zero attached hydrogens (tertiary/aromatic N) is 3. The number of hydrogen-bond donors (Lipinski definition) is 1. The highest BCUT2D eigenvalue weighted by Gasteiger charge is 2.23. The summed E-state index contributed by atoms with van der Waals surface area (Å²) in [5, 5.41) is 13.7. The number of carbonyl (C=O) groups is 2. The van der Waals surface area contributed by atoms with Gasteiger partial charge in [-0.15, -0.1) is 11.3 Å². The largest absolute Gasteiger partial charge is 0.504 e. The number of aromatic nitrogens is 2. The lowest BCUT2D eigenvalue weighted by molar-refractivity contribution is -0.107. The van der Waals surface area contributed by atoms with Crippen molar-refractivity contribution >= 4 is 39.2 Å². The highest BCUT2D eigenvalue weighted by Crippen LogP contribution is 2.30. The Kier molecular flexibility index (Phi) is 6.61. The molecule has 6 nitrogen and oxygen atoms in total. The topological polar surface area (TPSA) is 83.4 Å². The highest BCUT2D eigenvalue weighted by atomic mass is 32.1. The van der Waals surface area contributed by atoms with Crippen molar-refractivity contribution in [3.8, 4) is 5.75 Å². The number of unbranched alkanes of at least 4 members (excludes halogenated alkanes) is 1. The van der Waals surface area contributed by atoms with Crippen LogP contribution in [0.4, 0.5) is 5.69 Å². The van der Waals surface area contributed by atoms with Gasteiger partial charge in [0.15, 0.2) is 17.2 Å². The van der Waals surface area contributed by atoms with Crippen LogP contribution in [0.25, 0.3) is 10.1 Å². The number of rotatable bonds is 8. The second-order valence-electron chi connectivity index (χ2n) is 8.18. The van der Waals surface area contributed by atoms with Gasteiger partial charge in [-0.2, -0.15) is 0 Å². The van der Waals surface area contributed by atoms with Gasteiger partial charge in [0, 0.05) is 42.7 Å². The SMILES string of the molecule is Cc1nc(CC2CCN(c3ccc4sccc4c3)CC2)nc(C(=O)CCCC=O)c1O. The average Bonchev–Trinajstić information content (AvgIpc) is 3.24. The molecule has 0 bridgehead atoms. The number of ketones is 1. The maximum Gasteiger partial charge on any atom is 0.185 e. The quantitative estimate of drug-likeness (QED) is 0.312. The summed E-state index contributed by atoms with van der Waals surface area (Å²) in [6.07, 6.45) is 4.58. The fourth-order valence-corrected chi connectivity index (χ4v) is 4.95. The summed E-state index contributed by atoms with van der Waals surface area (Å²) < 4.78 is 1.31. The summed E-state index contributed by atoms with van der Waals surface area (Å²) in [7, 11) is 0. The molecule has 3 aromatic rings. The molecule has 7 heteroatoms. The van der Waals surface area contributed by atoms with E-state index in [1.165, 1.54) is 15.8 Å². The first-order valence-corrected chi connectivity index (χ1v) is 11.7. The van der Waals surface area contributed by atoms with E-state index >= 15 is 0 Å². The first-order valence-electron chi connectivity index (χ1n) is 10.8. The van der Waals surface area contributed by atoms with E-state index in [1.54, 1.807) is 18.3 Å². The summed E-state index contributed by atoms with van der Waals surface area (Å²) in [6, 6.07) is 8.83. The number of thiophene rings is 1. The third-order valence-electron chi connectivity index (χ3n) is 5.98. The van der Waals surface area contributed by atoms with Crippen LogP contribution in [0, 0.1) is 12.8 Å². The Balaban J connectivity index is 1.39. The molecule has 0 saturated carbocycles. The number of aldehydes is 1. The Bertz CT molecular complexity index is 1090. The van der Waals surface area contributed by atoms with Gasteiger partial charge in [-0.1, -0.05) is 0 Å². The summed E-state index contributed by atoms with van der Waals surface area (Å²) in [5.41, 5.74) is 1.80. The van der Waals surface area contributed by atoms with E-state index in [9.17, 15) is 14.7 Å². The van der Waals surface area contributed by atoms with Gasteiger partial charge in [0.2, 0.25) is 0 Å². The summed E-state index contributed by atoms with van der Waals surface area (Å²) in [6.45, 7) is 3.66. The van der Waals surface area contributed by atoms with Crippen molar-refractivity contribution in [2.24, 2.45) is 5.92 Å². The maximum absolute atomic E-state index is 12.4. The van der Waals surface area contributed by atoms with Crippen LogP contribution in [-0.2, 0) is 11.2 Å². The molecule has 1 aromatic carbocycles. The molecular weight excluding hydrogens is 410 g/mol. The molecule has 3 heterocycles. The van der Waals surface area contributed by atoms with Crippen LogP contribution in [0.2, 0.25) is 0 Å². The Morgan fingerprint density at radius 3 is 2.84 bits per heavy atom. The molecule has 0 aliphatic carbocycles. The Hall–Kier alpha value is -2.80. The lowest BCUT2D eigenvalue weighted by atomic mass is 9.92. The fourth-order valence-electron chi connectivity index (χ4n) is 4.18. The minimum atomic E-state index is -0.232. The third kappa shape index (κ3) is 4.93. The molecule has 31 heavy (non-hydrogen) atoms. The van der Waals surface area contributed by atoms with E-state index in [1.807, 2.05) is 0 Å². The van der Waals surface area contributed by atoms with E-state index in [4.69, 9.17) is 0 Å². The van der Waals surface area contributed by atoms with E-state index < -0.39 is 0 Å². The average molecular weight is 438 g/mol. The summed E-state index contributed by atoms with van der Waals surface area (Å²) in [5.74, 6) is 0.693. The normalized spacial score (nSPS) is 14.8. The second-order valence-corrected chi connectivity index (χ2v) is 9.13. The lowest BCUT2D eigenvalue weighted by Crippen LogP contribution is -2.34. The van der Waals surface area contributed by atoms with Crippen LogP contribution in [0.5, 0.6) is 5.75 Å². The van der Waals surface area contributed by atoms with Gasteiger partial charge in [0.05, 0.1) is 5.69 Å². The van der Waals surface area contributed by atoms with Crippen molar-refractivity contribution in [1.82, 2.24) is 9.97 Å². The Morgan fingerprint density at radius 2 is 2.06 bits per heavy atom. The first-order chi connectivity index (χ1) is 15.0. The van der Waals surface area contributed by atoms with Crippen molar-refractivity contribution in [3.63, 3.8) is 0 Å². The van der Waals surface area contributed by atoms with Gasteiger partial charge in [0.1, 0.15) is 12.1 Å². The zero-order valence-electron chi connectivity index (χ0n) is 17.7. The number of aromatic hydroxyl groups is 1. The van der Waals surface area contributed by atoms with Crippen molar-refractivity contribution < 1.29 is 14.7 Å². The maximum atomic E-state index is 12.4. The smallest absolute Gasteiger partial charge is 0.185 e. The number of fused-ring (bicyclic) bond motifs is 1. The molecule has 0 spiro atoms. The standard InChI is InChI=1S/C24H27N3O3S/c1-16-24(30)23(20(29)4-2-3-12-28)26-22(25-16)14-17-7-10-27(11-8-17)19-5-6-21-18(15-19)9-13-31-21/h5-6,9,12-13,15,17,30H,2-4,7-8,10-11,14H2,1H3. The first kappa shape index (κ1) is 21.4. The van der Waals surface area contributed by atoms with Crippen molar-refractivity contribution in [1.29, 1.82) is 0 Å². The van der Waals surface area contributed by atoms with E-state index in [-0.39, 0.29) is 23.6 Å². The number of anilines is 1. The van der Waals surface area contributed by atoms with Crippen LogP contribution >= 0.6 is 11.3 Å². The minimum absolute atomic E-state index is 0.0925. The molecule has 0 radical (unpaired) electrons. The minimum Gasteiger partial charge on any atom is -0.504 e. The molecule has 0 atom stereocenters. The Labute approximate surface area is 186 Å². The molecule has 1 saturated heterocycles. The molecule has 0 unspecified atom stereocenters. The van der Waals surface area contributed by atoms with E-state index in [2.05, 4.69) is 44.5 Å². The molecule has 162 valence electrons. The number of carbonyl (C=O) groups excluding carboxylic acids is 2. The number of aryl methyl sites for hydroxylation is 1. The van der Waals surface area contributed by atoms with Crippen LogP contribution < -0.4 is 4.90 Å². The third-order valence-corrected chi connectivity index (χ3v) is 6.88. The van der Waals surface area contributed by atoms with Gasteiger partial charge in [-0.25, -0.2) is 9.97 Å². The number of benzene rings is 1. The molecule has 1 aliphatic heterocycles. The molecule has 0 amide bonds. The van der Waals surface area contributed by atoms with Crippen LogP contribution in [0.1, 0.15) is 54.1 Å². The second kappa shape index (κ2) is 9.56. The summed E-state index contributed by atoms with van der Waals surface area (Å²) >= 11 is 1.77. The van der Waals surface area contributed by atoms with Gasteiger partial charge in [-0.05, 0) is 67.1 Å². The number of piperidine rings is 1. The van der Waals surface area contributed by atoms with Gasteiger partial charge < -0.3 is 14.8 Å². The molecule has 4 rings (SSSR count). The zero-order chi connectivity index (χ0) is 21.8. The van der Waals surface area contributed by atoms with E-state index in [0.29, 0.717) is 36.7 Å². The number of Topliss-reactive ketones (excluding diaryl/α,β-unsaturated/α-hetero) is 1. The van der Waals surface area contributed by atoms with Crippen molar-refractivity contribution in [2.75, 3.05) is 18.0 Å². The van der Waals surface area contributed by atoms with Crippen molar-refractivity contribution in [3.05, 3.63) is 46.9 Å². The zero-order valence-corrected chi connectivity index (χ0v) is 18.5. The van der Waals surface area contributed by atoms with Crippen molar-refractivity contribution in [2.45, 2.75) is 45.4 Å². The van der Waals surface area contributed by atoms with E-state index in [0.717, 1.165) is 32.2 Å². The molecule has 1 fully saturated rings. The molecule has 2 aromatic heterocycles. The molecule has 1 aliphatic rings. The molecule has 1 N–H and O–H groups in total. The van der Waals surface area contributed by atoms with Gasteiger partial charge in [-0.3, -0.25) is 4.79 Å². The molecular formula is C24H27N3O3S. The van der Waals surface area contributed by atoms with Gasteiger partial charge in [0.25, 0.3) is 0 Å². The predicted molar refractivity (Wildman–Crippen MR) is 123 cm³/mol. The predicted octanol–water partition coefficient (Wildman–Crippen LogP) is 4.72. The fraction of sp³-hybridized carbons (Fsp3) is 0.417. The number of hydrogen-bond acceptors (Lipinski definition) is 7. The summed E-state index contributed by atoms with van der Waals surface area (Å²) in [4.78, 5) is 34.2. The van der Waals surface area contributed by atoms with Crippen LogP contribution in [0.15, 0.2) is 29.6 Å².